The van der Waals surface area contributed by atoms with Gasteiger partial charge < -0.3 is 15.4 Å². The van der Waals surface area contributed by atoms with Crippen LogP contribution in [0.25, 0.3) is 0 Å². The molecule has 2 aliphatic heterocycles. The molecule has 0 saturated carbocycles. The highest BCUT2D eigenvalue weighted by molar-refractivity contribution is 5.98. The van der Waals surface area contributed by atoms with E-state index in [1.165, 1.54) is 6.20 Å². The molecule has 3 rings (SSSR count). The molecule has 7 heteroatoms. The molecular formula is C12H19N5O2. The minimum atomic E-state index is -0.0259. The number of likely N-dealkylation sites (tertiary alicyclic amines) is 1. The van der Waals surface area contributed by atoms with Crippen molar-refractivity contribution in [2.45, 2.75) is 12.5 Å². The summed E-state index contributed by atoms with van der Waals surface area (Å²) in [6, 6.07) is 0.445. The number of morpholine rings is 1. The maximum absolute atomic E-state index is 12.3. The van der Waals surface area contributed by atoms with Gasteiger partial charge in [-0.25, -0.2) is 0 Å². The Morgan fingerprint density at radius 3 is 2.89 bits per heavy atom. The fraction of sp³-hybridized carbons (Fsp3) is 0.667. The number of carbonyl (C=O) groups is 1. The van der Waals surface area contributed by atoms with Crippen molar-refractivity contribution in [2.75, 3.05) is 45.1 Å². The van der Waals surface area contributed by atoms with Crippen molar-refractivity contribution in [3.8, 4) is 0 Å². The Morgan fingerprint density at radius 1 is 1.42 bits per heavy atom. The van der Waals surface area contributed by atoms with Crippen molar-refractivity contribution in [3.63, 3.8) is 0 Å². The fourth-order valence-electron chi connectivity index (χ4n) is 2.80. The van der Waals surface area contributed by atoms with Crippen LogP contribution in [0, 0.1) is 0 Å². The van der Waals surface area contributed by atoms with Crippen LogP contribution >= 0.6 is 0 Å². The summed E-state index contributed by atoms with van der Waals surface area (Å²) in [7, 11) is 0. The van der Waals surface area contributed by atoms with E-state index in [0.717, 1.165) is 45.8 Å². The summed E-state index contributed by atoms with van der Waals surface area (Å²) in [6.07, 6.45) is 2.52. The van der Waals surface area contributed by atoms with E-state index >= 15 is 0 Å². The maximum Gasteiger partial charge on any atom is 0.259 e. The zero-order chi connectivity index (χ0) is 13.2. The summed E-state index contributed by atoms with van der Waals surface area (Å²) in [5.41, 5.74) is 6.17. The van der Waals surface area contributed by atoms with Gasteiger partial charge in [-0.05, 0) is 6.42 Å². The zero-order valence-corrected chi connectivity index (χ0v) is 10.8. The van der Waals surface area contributed by atoms with Crippen molar-refractivity contribution >= 4 is 11.7 Å². The summed E-state index contributed by atoms with van der Waals surface area (Å²) < 4.78 is 5.36. The lowest BCUT2D eigenvalue weighted by Crippen LogP contribution is -2.45. The number of rotatable bonds is 2. The number of H-pyrrole nitrogens is 1. The second kappa shape index (κ2) is 5.18. The summed E-state index contributed by atoms with van der Waals surface area (Å²) in [5, 5.41) is 6.40. The number of nitrogen functional groups attached to an aromatic ring is 1. The topological polar surface area (TPSA) is 87.5 Å². The molecule has 3 heterocycles. The van der Waals surface area contributed by atoms with Crippen molar-refractivity contribution in [2.24, 2.45) is 0 Å². The van der Waals surface area contributed by atoms with Gasteiger partial charge in [0.05, 0.1) is 19.4 Å². The van der Waals surface area contributed by atoms with Crippen LogP contribution in [0.2, 0.25) is 0 Å². The summed E-state index contributed by atoms with van der Waals surface area (Å²) >= 11 is 0. The lowest BCUT2D eigenvalue weighted by molar-refractivity contribution is 0.0185. The average Bonchev–Trinajstić information content (AvgIpc) is 3.08. The number of hydrogen-bond acceptors (Lipinski definition) is 5. The Balaban J connectivity index is 1.62. The third kappa shape index (κ3) is 2.43. The fourth-order valence-corrected chi connectivity index (χ4v) is 2.80. The summed E-state index contributed by atoms with van der Waals surface area (Å²) in [5.74, 6) is 0.321. The van der Waals surface area contributed by atoms with Gasteiger partial charge in [-0.15, -0.1) is 0 Å². The Hall–Kier alpha value is -1.60. The molecule has 1 aromatic rings. The van der Waals surface area contributed by atoms with Gasteiger partial charge in [0.1, 0.15) is 11.4 Å². The molecule has 2 aliphatic rings. The molecule has 7 nitrogen and oxygen atoms in total. The Morgan fingerprint density at radius 2 is 2.21 bits per heavy atom. The third-order valence-electron chi connectivity index (χ3n) is 3.91. The number of nitrogens with two attached hydrogens (primary N) is 1. The van der Waals surface area contributed by atoms with Gasteiger partial charge in [0, 0.05) is 32.2 Å². The first-order chi connectivity index (χ1) is 9.25. The van der Waals surface area contributed by atoms with Crippen LogP contribution in [0.1, 0.15) is 16.8 Å². The SMILES string of the molecule is Nc1[nH]ncc1C(=O)N1CCC(N2CCOCC2)C1. The summed E-state index contributed by atoms with van der Waals surface area (Å²) in [6.45, 7) is 5.05. The number of nitrogens with zero attached hydrogens (tertiary/aromatic N) is 3. The number of hydrogen-bond donors (Lipinski definition) is 2. The molecule has 0 radical (unpaired) electrons. The average molecular weight is 265 g/mol. The van der Waals surface area contributed by atoms with Gasteiger partial charge >= 0.3 is 0 Å². The first kappa shape index (κ1) is 12.4. The molecule has 1 aromatic heterocycles. The highest BCUT2D eigenvalue weighted by atomic mass is 16.5. The van der Waals surface area contributed by atoms with Gasteiger partial charge in [0.15, 0.2) is 0 Å². The number of carbonyl (C=O) groups excluding carboxylic acids is 1. The van der Waals surface area contributed by atoms with Crippen molar-refractivity contribution in [1.82, 2.24) is 20.0 Å². The second-order valence-corrected chi connectivity index (χ2v) is 5.04. The van der Waals surface area contributed by atoms with Crippen LogP contribution in [0.15, 0.2) is 6.20 Å². The third-order valence-corrected chi connectivity index (χ3v) is 3.91. The van der Waals surface area contributed by atoms with Crippen LogP contribution in [0.5, 0.6) is 0 Å². The van der Waals surface area contributed by atoms with E-state index in [-0.39, 0.29) is 5.91 Å². The molecular weight excluding hydrogens is 246 g/mol. The van der Waals surface area contributed by atoms with Gasteiger partial charge in [0.25, 0.3) is 5.91 Å². The molecule has 1 atom stereocenters. The molecule has 0 bridgehead atoms. The van der Waals surface area contributed by atoms with Gasteiger partial charge in [-0.3, -0.25) is 14.8 Å². The number of anilines is 1. The Kier molecular flexibility index (Phi) is 3.39. The molecule has 1 amide bonds. The second-order valence-electron chi connectivity index (χ2n) is 5.04. The summed E-state index contributed by atoms with van der Waals surface area (Å²) in [4.78, 5) is 16.6. The highest BCUT2D eigenvalue weighted by Crippen LogP contribution is 2.20. The number of ether oxygens (including phenoxy) is 1. The Labute approximate surface area is 111 Å². The van der Waals surface area contributed by atoms with E-state index in [2.05, 4.69) is 15.1 Å². The lowest BCUT2D eigenvalue weighted by atomic mass is 10.2. The predicted octanol–water partition coefficient (Wildman–Crippen LogP) is -0.461. The van der Waals surface area contributed by atoms with Gasteiger partial charge in [-0.1, -0.05) is 0 Å². The Bertz CT molecular complexity index is 455. The van der Waals surface area contributed by atoms with E-state index in [1.54, 1.807) is 0 Å². The smallest absolute Gasteiger partial charge is 0.259 e. The molecule has 0 aliphatic carbocycles. The maximum atomic E-state index is 12.3. The molecule has 104 valence electrons. The van der Waals surface area contributed by atoms with E-state index in [1.807, 2.05) is 4.90 Å². The van der Waals surface area contributed by atoms with E-state index in [0.29, 0.717) is 17.4 Å². The van der Waals surface area contributed by atoms with E-state index in [9.17, 15) is 4.79 Å². The minimum Gasteiger partial charge on any atom is -0.383 e. The van der Waals surface area contributed by atoms with Crippen LogP contribution in [0.3, 0.4) is 0 Å². The molecule has 2 fully saturated rings. The normalized spacial score (nSPS) is 24.8. The highest BCUT2D eigenvalue weighted by Gasteiger charge is 2.32. The standard InChI is InChI=1S/C12H19N5O2/c13-11-10(7-14-15-11)12(18)17-2-1-9(8-17)16-3-5-19-6-4-16/h7,9H,1-6,8H2,(H3,13,14,15). The van der Waals surface area contributed by atoms with E-state index < -0.39 is 0 Å². The van der Waals surface area contributed by atoms with Gasteiger partial charge in [0.2, 0.25) is 0 Å². The monoisotopic (exact) mass is 265 g/mol. The van der Waals surface area contributed by atoms with Crippen molar-refractivity contribution in [3.05, 3.63) is 11.8 Å². The number of nitrogens with one attached hydrogen (secondary N) is 1. The molecule has 2 saturated heterocycles. The lowest BCUT2D eigenvalue weighted by Gasteiger charge is -2.32. The van der Waals surface area contributed by atoms with Crippen LogP contribution in [0.4, 0.5) is 5.82 Å². The molecule has 1 unspecified atom stereocenters. The van der Waals surface area contributed by atoms with Crippen molar-refractivity contribution in [1.29, 1.82) is 0 Å². The zero-order valence-electron chi connectivity index (χ0n) is 10.8. The molecule has 0 spiro atoms. The largest absolute Gasteiger partial charge is 0.383 e. The molecule has 19 heavy (non-hydrogen) atoms. The minimum absolute atomic E-state index is 0.0259. The number of amides is 1. The van der Waals surface area contributed by atoms with Crippen LogP contribution < -0.4 is 5.73 Å². The molecule has 3 N–H and O–H groups in total. The van der Waals surface area contributed by atoms with E-state index in [4.69, 9.17) is 10.5 Å². The van der Waals surface area contributed by atoms with Crippen LogP contribution in [-0.4, -0.2) is 71.3 Å². The molecule has 0 aromatic carbocycles. The quantitative estimate of drug-likeness (QED) is 0.755. The first-order valence-corrected chi connectivity index (χ1v) is 6.65. The van der Waals surface area contributed by atoms with Gasteiger partial charge in [-0.2, -0.15) is 5.10 Å². The van der Waals surface area contributed by atoms with Crippen molar-refractivity contribution < 1.29 is 9.53 Å². The number of aromatic amines is 1. The first-order valence-electron chi connectivity index (χ1n) is 6.65. The van der Waals surface area contributed by atoms with Crippen LogP contribution in [-0.2, 0) is 4.74 Å². The predicted molar refractivity (Wildman–Crippen MR) is 69.7 cm³/mol. The number of aromatic nitrogens is 2.